The third kappa shape index (κ3) is 1.35. The van der Waals surface area contributed by atoms with Crippen LogP contribution in [0.1, 0.15) is 26.2 Å². The summed E-state index contributed by atoms with van der Waals surface area (Å²) in [6.45, 7) is 5.82. The van der Waals surface area contributed by atoms with Crippen LogP contribution in [0.3, 0.4) is 0 Å². The SMILES string of the molecule is C=C1C=C(CCC)C(=O)C1. The number of hydrogen-bond acceptors (Lipinski definition) is 1. The Balaban J connectivity index is 2.65. The van der Waals surface area contributed by atoms with Gasteiger partial charge in [0.05, 0.1) is 0 Å². The predicted octanol–water partition coefficient (Wildman–Crippen LogP) is 2.24. The van der Waals surface area contributed by atoms with E-state index in [1.165, 1.54) is 0 Å². The number of carbonyl (C=O) groups is 1. The molecule has 1 aliphatic carbocycles. The highest BCUT2D eigenvalue weighted by Crippen LogP contribution is 2.21. The highest BCUT2D eigenvalue weighted by atomic mass is 16.1. The van der Waals surface area contributed by atoms with Crippen molar-refractivity contribution in [1.82, 2.24) is 0 Å². The van der Waals surface area contributed by atoms with Gasteiger partial charge in [0, 0.05) is 6.42 Å². The second-order valence-electron chi connectivity index (χ2n) is 2.68. The zero-order chi connectivity index (χ0) is 7.56. The largest absolute Gasteiger partial charge is 0.294 e. The van der Waals surface area contributed by atoms with Crippen molar-refractivity contribution >= 4 is 5.78 Å². The topological polar surface area (TPSA) is 17.1 Å². The van der Waals surface area contributed by atoms with Crippen LogP contribution < -0.4 is 0 Å². The molecule has 0 amide bonds. The Morgan fingerprint density at radius 1 is 1.70 bits per heavy atom. The Morgan fingerprint density at radius 3 is 2.80 bits per heavy atom. The fourth-order valence-corrected chi connectivity index (χ4v) is 1.18. The molecule has 0 radical (unpaired) electrons. The Bertz CT molecular complexity index is 199. The lowest BCUT2D eigenvalue weighted by molar-refractivity contribution is -0.114. The molecule has 0 atom stereocenters. The third-order valence-electron chi connectivity index (χ3n) is 1.64. The fraction of sp³-hybridized carbons (Fsp3) is 0.444. The van der Waals surface area contributed by atoms with Gasteiger partial charge in [0.2, 0.25) is 0 Å². The molecule has 0 N–H and O–H groups in total. The fourth-order valence-electron chi connectivity index (χ4n) is 1.18. The zero-order valence-corrected chi connectivity index (χ0v) is 6.31. The van der Waals surface area contributed by atoms with E-state index in [1.807, 2.05) is 6.08 Å². The first-order valence-electron chi connectivity index (χ1n) is 3.65. The Kier molecular flexibility index (Phi) is 2.05. The van der Waals surface area contributed by atoms with E-state index in [0.717, 1.165) is 24.0 Å². The second-order valence-corrected chi connectivity index (χ2v) is 2.68. The van der Waals surface area contributed by atoms with E-state index in [4.69, 9.17) is 0 Å². The highest BCUT2D eigenvalue weighted by Gasteiger charge is 2.15. The molecule has 0 aromatic heterocycles. The van der Waals surface area contributed by atoms with E-state index in [0.29, 0.717) is 6.42 Å². The molecule has 1 nitrogen and oxygen atoms in total. The third-order valence-corrected chi connectivity index (χ3v) is 1.64. The van der Waals surface area contributed by atoms with Crippen molar-refractivity contribution in [3.8, 4) is 0 Å². The second kappa shape index (κ2) is 2.82. The van der Waals surface area contributed by atoms with Gasteiger partial charge in [-0.15, -0.1) is 0 Å². The summed E-state index contributed by atoms with van der Waals surface area (Å²) in [5.74, 6) is 0.270. The van der Waals surface area contributed by atoms with E-state index in [-0.39, 0.29) is 5.78 Å². The quantitative estimate of drug-likeness (QED) is 0.569. The summed E-state index contributed by atoms with van der Waals surface area (Å²) in [4.78, 5) is 11.0. The maximum Gasteiger partial charge on any atom is 0.163 e. The van der Waals surface area contributed by atoms with Crippen LogP contribution in [0, 0.1) is 0 Å². The minimum Gasteiger partial charge on any atom is -0.294 e. The molecular formula is C9H12O. The van der Waals surface area contributed by atoms with Crippen LogP contribution in [0.5, 0.6) is 0 Å². The van der Waals surface area contributed by atoms with Crippen LogP contribution in [0.25, 0.3) is 0 Å². The van der Waals surface area contributed by atoms with Crippen LogP contribution in [-0.4, -0.2) is 5.78 Å². The normalized spacial score (nSPS) is 17.9. The van der Waals surface area contributed by atoms with E-state index in [1.54, 1.807) is 0 Å². The number of hydrogen-bond donors (Lipinski definition) is 0. The van der Waals surface area contributed by atoms with Gasteiger partial charge in [-0.05, 0) is 17.6 Å². The van der Waals surface area contributed by atoms with Crippen LogP contribution in [0.15, 0.2) is 23.8 Å². The van der Waals surface area contributed by atoms with Gasteiger partial charge in [-0.2, -0.15) is 0 Å². The van der Waals surface area contributed by atoms with Crippen molar-refractivity contribution in [2.45, 2.75) is 26.2 Å². The van der Waals surface area contributed by atoms with Crippen molar-refractivity contribution in [3.63, 3.8) is 0 Å². The van der Waals surface area contributed by atoms with Crippen LogP contribution >= 0.6 is 0 Å². The maximum absolute atomic E-state index is 11.0. The molecule has 54 valence electrons. The summed E-state index contributed by atoms with van der Waals surface area (Å²) in [6, 6.07) is 0. The molecule has 0 saturated carbocycles. The molecule has 1 heteroatoms. The molecule has 0 aliphatic heterocycles. The molecule has 1 aliphatic rings. The predicted molar refractivity (Wildman–Crippen MR) is 41.8 cm³/mol. The highest BCUT2D eigenvalue weighted by molar-refractivity contribution is 6.00. The Labute approximate surface area is 61.4 Å². The van der Waals surface area contributed by atoms with Crippen molar-refractivity contribution in [3.05, 3.63) is 23.8 Å². The molecule has 0 heterocycles. The summed E-state index contributed by atoms with van der Waals surface area (Å²) < 4.78 is 0. The average Bonchev–Trinajstić information content (AvgIpc) is 2.13. The minimum absolute atomic E-state index is 0.270. The standard InChI is InChI=1S/C9H12O/c1-3-4-8-5-7(2)6-9(8)10/h5H,2-4,6H2,1H3. The average molecular weight is 136 g/mol. The van der Waals surface area contributed by atoms with Gasteiger partial charge in [0.1, 0.15) is 0 Å². The lowest BCUT2D eigenvalue weighted by atomic mass is 10.1. The monoisotopic (exact) mass is 136 g/mol. The van der Waals surface area contributed by atoms with E-state index >= 15 is 0 Å². The number of ketones is 1. The first-order chi connectivity index (χ1) is 4.74. The minimum atomic E-state index is 0.270. The van der Waals surface area contributed by atoms with Gasteiger partial charge in [-0.3, -0.25) is 4.79 Å². The molecule has 0 aromatic rings. The molecule has 10 heavy (non-hydrogen) atoms. The van der Waals surface area contributed by atoms with Crippen LogP contribution in [0.4, 0.5) is 0 Å². The number of carbonyl (C=O) groups excluding carboxylic acids is 1. The molecule has 1 rings (SSSR count). The van der Waals surface area contributed by atoms with Gasteiger partial charge in [-0.25, -0.2) is 0 Å². The summed E-state index contributed by atoms with van der Waals surface area (Å²) in [6.07, 6.45) is 4.43. The summed E-state index contributed by atoms with van der Waals surface area (Å²) in [7, 11) is 0. The molecule has 0 spiro atoms. The smallest absolute Gasteiger partial charge is 0.163 e. The molecule has 0 saturated heterocycles. The van der Waals surface area contributed by atoms with Crippen molar-refractivity contribution in [2.24, 2.45) is 0 Å². The lowest BCUT2D eigenvalue weighted by Gasteiger charge is -1.92. The zero-order valence-electron chi connectivity index (χ0n) is 6.31. The first-order valence-corrected chi connectivity index (χ1v) is 3.65. The van der Waals surface area contributed by atoms with Gasteiger partial charge in [0.25, 0.3) is 0 Å². The molecular weight excluding hydrogens is 124 g/mol. The van der Waals surface area contributed by atoms with Gasteiger partial charge in [-0.1, -0.05) is 26.0 Å². The van der Waals surface area contributed by atoms with Gasteiger partial charge < -0.3 is 0 Å². The van der Waals surface area contributed by atoms with E-state index in [2.05, 4.69) is 13.5 Å². The van der Waals surface area contributed by atoms with E-state index < -0.39 is 0 Å². The van der Waals surface area contributed by atoms with Crippen LogP contribution in [-0.2, 0) is 4.79 Å². The van der Waals surface area contributed by atoms with Crippen molar-refractivity contribution in [2.75, 3.05) is 0 Å². The number of rotatable bonds is 2. The Hall–Kier alpha value is -0.850. The summed E-state index contributed by atoms with van der Waals surface area (Å²) in [5, 5.41) is 0. The van der Waals surface area contributed by atoms with Gasteiger partial charge in [0.15, 0.2) is 5.78 Å². The summed E-state index contributed by atoms with van der Waals surface area (Å²) in [5.41, 5.74) is 1.93. The molecule has 0 aromatic carbocycles. The maximum atomic E-state index is 11.0. The van der Waals surface area contributed by atoms with E-state index in [9.17, 15) is 4.79 Å². The van der Waals surface area contributed by atoms with Gasteiger partial charge >= 0.3 is 0 Å². The molecule has 0 fully saturated rings. The Morgan fingerprint density at radius 2 is 2.40 bits per heavy atom. The summed E-state index contributed by atoms with van der Waals surface area (Å²) >= 11 is 0. The molecule has 0 bridgehead atoms. The first kappa shape index (κ1) is 7.26. The van der Waals surface area contributed by atoms with Crippen molar-refractivity contribution < 1.29 is 4.79 Å². The van der Waals surface area contributed by atoms with Crippen LogP contribution in [0.2, 0.25) is 0 Å². The molecule has 0 unspecified atom stereocenters. The number of Topliss-reactive ketones (excluding diaryl/α,β-unsaturated/α-hetero) is 1. The van der Waals surface area contributed by atoms with Crippen molar-refractivity contribution in [1.29, 1.82) is 0 Å². The number of allylic oxidation sites excluding steroid dienone is 3. The lowest BCUT2D eigenvalue weighted by Crippen LogP contribution is -1.94.